The molecule has 0 aliphatic rings. The second-order valence-corrected chi connectivity index (χ2v) is 5.09. The molecular weight excluding hydrogens is 360 g/mol. The van der Waals surface area contributed by atoms with Gasteiger partial charge in [-0.05, 0) is 50.2 Å². The van der Waals surface area contributed by atoms with Crippen LogP contribution in [-0.4, -0.2) is 38.9 Å². The number of hydrogen-bond donors (Lipinski definition) is 2. The van der Waals surface area contributed by atoms with E-state index in [0.29, 0.717) is 22.9 Å². The first-order valence-electron chi connectivity index (χ1n) is 7.38. The number of hydrogen-bond acceptors (Lipinski definition) is 6. The Labute approximate surface area is 154 Å². The molecule has 8 heteroatoms. The third kappa shape index (κ3) is 4.90. The van der Waals surface area contributed by atoms with Crippen molar-refractivity contribution in [2.24, 2.45) is 0 Å². The molecule has 2 aromatic carbocycles. The minimum atomic E-state index is -0.0127. The van der Waals surface area contributed by atoms with Gasteiger partial charge in [0.2, 0.25) is 0 Å². The summed E-state index contributed by atoms with van der Waals surface area (Å²) < 4.78 is 1.40. The molecule has 0 aliphatic heterocycles. The lowest BCUT2D eigenvalue weighted by molar-refractivity contribution is -0.106. The van der Waals surface area contributed by atoms with E-state index in [-0.39, 0.29) is 22.2 Å². The van der Waals surface area contributed by atoms with Crippen LogP contribution in [0.2, 0.25) is 5.15 Å². The fourth-order valence-electron chi connectivity index (χ4n) is 2.03. The van der Waals surface area contributed by atoms with Crippen molar-refractivity contribution >= 4 is 41.4 Å². The van der Waals surface area contributed by atoms with Gasteiger partial charge in [-0.3, -0.25) is 4.79 Å². The number of benzene rings is 2. The molecule has 3 aromatic rings. The van der Waals surface area contributed by atoms with Crippen LogP contribution in [-0.2, 0) is 9.59 Å². The fraction of sp³-hybridized carbons (Fsp3) is 0.111. The van der Waals surface area contributed by atoms with Gasteiger partial charge in [-0.25, -0.2) is 4.68 Å². The number of aldehydes is 3. The molecule has 0 saturated heterocycles. The van der Waals surface area contributed by atoms with Crippen molar-refractivity contribution in [1.29, 1.82) is 0 Å². The van der Waals surface area contributed by atoms with E-state index in [1.807, 2.05) is 0 Å². The highest BCUT2D eigenvalue weighted by Crippen LogP contribution is 2.30. The van der Waals surface area contributed by atoms with Gasteiger partial charge in [-0.2, -0.15) is 5.10 Å². The molecule has 3 rings (SSSR count). The van der Waals surface area contributed by atoms with E-state index in [1.165, 1.54) is 42.8 Å². The van der Waals surface area contributed by atoms with Crippen molar-refractivity contribution in [3.63, 3.8) is 0 Å². The maximum atomic E-state index is 11.1. The van der Waals surface area contributed by atoms with Gasteiger partial charge >= 0.3 is 0 Å². The molecule has 26 heavy (non-hydrogen) atoms. The molecule has 0 unspecified atom stereocenters. The average molecular weight is 377 g/mol. The van der Waals surface area contributed by atoms with Crippen molar-refractivity contribution in [3.8, 4) is 17.2 Å². The van der Waals surface area contributed by atoms with Crippen LogP contribution in [0.25, 0.3) is 16.6 Å². The van der Waals surface area contributed by atoms with E-state index in [1.54, 1.807) is 12.1 Å². The van der Waals surface area contributed by atoms with Crippen LogP contribution >= 0.6 is 11.6 Å². The number of aromatic hydroxyl groups is 2. The van der Waals surface area contributed by atoms with Crippen molar-refractivity contribution in [2.75, 3.05) is 0 Å². The van der Waals surface area contributed by atoms with E-state index < -0.39 is 0 Å². The SMILES string of the molecule is CC=O.CC=O.O=Cc1cc(O)ccc1-n1nc2ccc(O)cc2c1Cl. The average Bonchev–Trinajstić information content (AvgIpc) is 2.92. The number of rotatable bonds is 2. The predicted molar refractivity (Wildman–Crippen MR) is 98.3 cm³/mol. The van der Waals surface area contributed by atoms with E-state index in [4.69, 9.17) is 21.2 Å². The van der Waals surface area contributed by atoms with E-state index in [2.05, 4.69) is 5.10 Å². The number of phenolic OH excluding ortho intramolecular Hbond substituents is 2. The van der Waals surface area contributed by atoms with Crippen LogP contribution in [0, 0.1) is 0 Å². The highest BCUT2D eigenvalue weighted by atomic mass is 35.5. The lowest BCUT2D eigenvalue weighted by atomic mass is 10.2. The number of phenols is 2. The Bertz CT molecular complexity index is 915. The number of halogens is 1. The van der Waals surface area contributed by atoms with E-state index in [9.17, 15) is 15.0 Å². The Balaban J connectivity index is 0.000000499. The third-order valence-corrected chi connectivity index (χ3v) is 3.33. The maximum absolute atomic E-state index is 11.1. The van der Waals surface area contributed by atoms with Crippen molar-refractivity contribution in [3.05, 3.63) is 47.1 Å². The summed E-state index contributed by atoms with van der Waals surface area (Å²) in [5.74, 6) is 0.0709. The molecule has 1 heterocycles. The van der Waals surface area contributed by atoms with Crippen LogP contribution in [0.1, 0.15) is 24.2 Å². The number of carbonyl (C=O) groups is 3. The molecule has 2 N–H and O–H groups in total. The van der Waals surface area contributed by atoms with Crippen LogP contribution < -0.4 is 0 Å². The van der Waals surface area contributed by atoms with Gasteiger partial charge < -0.3 is 19.8 Å². The van der Waals surface area contributed by atoms with Gasteiger partial charge in [0.25, 0.3) is 0 Å². The van der Waals surface area contributed by atoms with E-state index in [0.717, 1.165) is 12.6 Å². The Hall–Kier alpha value is -3.19. The third-order valence-electron chi connectivity index (χ3n) is 2.96. The summed E-state index contributed by atoms with van der Waals surface area (Å²) >= 11 is 6.24. The van der Waals surface area contributed by atoms with Gasteiger partial charge in [-0.15, -0.1) is 0 Å². The van der Waals surface area contributed by atoms with Crippen LogP contribution in [0.4, 0.5) is 0 Å². The summed E-state index contributed by atoms with van der Waals surface area (Å²) in [7, 11) is 0. The van der Waals surface area contributed by atoms with Crippen molar-refractivity contribution < 1.29 is 24.6 Å². The molecule has 0 radical (unpaired) electrons. The summed E-state index contributed by atoms with van der Waals surface area (Å²) in [6.45, 7) is 2.89. The quantitative estimate of drug-likeness (QED) is 0.664. The molecule has 7 nitrogen and oxygen atoms in total. The highest BCUT2D eigenvalue weighted by molar-refractivity contribution is 6.34. The zero-order valence-corrected chi connectivity index (χ0v) is 14.8. The number of fused-ring (bicyclic) bond motifs is 1. The van der Waals surface area contributed by atoms with Crippen LogP contribution in [0.3, 0.4) is 0 Å². The predicted octanol–water partition coefficient (Wildman–Crippen LogP) is 3.31. The number of carbonyl (C=O) groups excluding carboxylic acids is 3. The first-order valence-corrected chi connectivity index (χ1v) is 7.76. The summed E-state index contributed by atoms with van der Waals surface area (Å²) in [5, 5.41) is 24.1. The molecule has 0 bridgehead atoms. The first kappa shape index (κ1) is 20.9. The summed E-state index contributed by atoms with van der Waals surface area (Å²) in [6, 6.07) is 8.98. The molecule has 1 aromatic heterocycles. The van der Waals surface area contributed by atoms with Gasteiger partial charge in [-0.1, -0.05) is 11.6 Å². The molecule has 0 saturated carbocycles. The Kier molecular flexibility index (Phi) is 7.98. The lowest BCUT2D eigenvalue weighted by Gasteiger charge is -2.06. The summed E-state index contributed by atoms with van der Waals surface area (Å²) in [6.07, 6.45) is 2.12. The normalized spacial score (nSPS) is 9.35. The maximum Gasteiger partial charge on any atom is 0.152 e. The summed E-state index contributed by atoms with van der Waals surface area (Å²) in [5.41, 5.74) is 1.32. The monoisotopic (exact) mass is 376 g/mol. The lowest BCUT2D eigenvalue weighted by Crippen LogP contribution is -2.00. The number of aromatic nitrogens is 2. The minimum absolute atomic E-state index is 0.0127. The molecule has 136 valence electrons. The topological polar surface area (TPSA) is 109 Å². The molecular formula is C18H17ClN2O5. The van der Waals surface area contributed by atoms with Gasteiger partial charge in [0, 0.05) is 10.9 Å². The molecule has 0 spiro atoms. The zero-order chi connectivity index (χ0) is 19.7. The number of nitrogens with zero attached hydrogens (tertiary/aromatic N) is 2. The molecule has 0 atom stereocenters. The Morgan fingerprint density at radius 2 is 1.50 bits per heavy atom. The van der Waals surface area contributed by atoms with Gasteiger partial charge in [0.05, 0.1) is 11.2 Å². The highest BCUT2D eigenvalue weighted by Gasteiger charge is 2.14. The van der Waals surface area contributed by atoms with Crippen molar-refractivity contribution in [1.82, 2.24) is 9.78 Å². The van der Waals surface area contributed by atoms with Crippen molar-refractivity contribution in [2.45, 2.75) is 13.8 Å². The molecule has 0 aliphatic carbocycles. The Morgan fingerprint density at radius 3 is 2.08 bits per heavy atom. The second-order valence-electron chi connectivity index (χ2n) is 4.74. The van der Waals surface area contributed by atoms with Gasteiger partial charge in [0.1, 0.15) is 29.2 Å². The molecule has 0 amide bonds. The fourth-order valence-corrected chi connectivity index (χ4v) is 2.31. The Morgan fingerprint density at radius 1 is 0.962 bits per heavy atom. The smallest absolute Gasteiger partial charge is 0.152 e. The second kappa shape index (κ2) is 9.95. The largest absolute Gasteiger partial charge is 0.508 e. The van der Waals surface area contributed by atoms with E-state index >= 15 is 0 Å². The standard InChI is InChI=1S/C14H9ClN2O3.2C2H4O/c15-14-11-6-10(20)1-3-12(11)16-17(14)13-4-2-9(19)5-8(13)7-18;2*1-2-3/h1-7,19-20H;2*2H,1H3. The van der Waals surface area contributed by atoms with Crippen LogP contribution in [0.15, 0.2) is 36.4 Å². The van der Waals surface area contributed by atoms with Crippen LogP contribution in [0.5, 0.6) is 11.5 Å². The van der Waals surface area contributed by atoms with Gasteiger partial charge in [0.15, 0.2) is 6.29 Å². The first-order chi connectivity index (χ1) is 12.4. The summed E-state index contributed by atoms with van der Waals surface area (Å²) in [4.78, 5) is 28.7. The zero-order valence-electron chi connectivity index (χ0n) is 14.1. The minimum Gasteiger partial charge on any atom is -0.508 e. The molecule has 0 fully saturated rings.